The summed E-state index contributed by atoms with van der Waals surface area (Å²) in [6.45, 7) is 13.6. The second-order valence-corrected chi connectivity index (χ2v) is 6.32. The van der Waals surface area contributed by atoms with Gasteiger partial charge in [0.25, 0.3) is 0 Å². The molecule has 0 aliphatic heterocycles. The third-order valence-electron chi connectivity index (χ3n) is 3.79. The first-order chi connectivity index (χ1) is 9.38. The first kappa shape index (κ1) is 16.8. The first-order valence-electron chi connectivity index (χ1n) is 7.39. The smallest absolute Gasteiger partial charge is 0.161 e. The van der Waals surface area contributed by atoms with Gasteiger partial charge in [-0.3, -0.25) is 0 Å². The molecular formula is C17H29NO2. The standard InChI is InChI=1S/C17H29NO2/c1-7-20-16-10-14(8-9-15(16)19-6)12-18-11-13(2)17(3,4)5/h8-10,13,18H,7,11-12H2,1-6H3. The molecule has 1 atom stereocenters. The SMILES string of the molecule is CCOc1cc(CNCC(C)C(C)(C)C)ccc1OC. The molecule has 0 aromatic heterocycles. The average molecular weight is 279 g/mol. The van der Waals surface area contributed by atoms with Gasteiger partial charge >= 0.3 is 0 Å². The van der Waals surface area contributed by atoms with Crippen LogP contribution in [0.25, 0.3) is 0 Å². The summed E-state index contributed by atoms with van der Waals surface area (Å²) < 4.78 is 10.9. The predicted octanol–water partition coefficient (Wildman–Crippen LogP) is 3.87. The molecule has 0 aliphatic rings. The third-order valence-corrected chi connectivity index (χ3v) is 3.79. The average Bonchev–Trinajstić information content (AvgIpc) is 2.38. The number of rotatable bonds is 7. The van der Waals surface area contributed by atoms with Gasteiger partial charge in [0.1, 0.15) is 0 Å². The minimum absolute atomic E-state index is 0.337. The van der Waals surface area contributed by atoms with Gasteiger partial charge in [0, 0.05) is 6.54 Å². The van der Waals surface area contributed by atoms with E-state index in [1.54, 1.807) is 7.11 Å². The van der Waals surface area contributed by atoms with Crippen LogP contribution in [-0.4, -0.2) is 20.3 Å². The van der Waals surface area contributed by atoms with Crippen molar-refractivity contribution >= 4 is 0 Å². The van der Waals surface area contributed by atoms with Crippen LogP contribution in [0.3, 0.4) is 0 Å². The van der Waals surface area contributed by atoms with Crippen molar-refractivity contribution in [1.82, 2.24) is 5.32 Å². The summed E-state index contributed by atoms with van der Waals surface area (Å²) in [7, 11) is 1.67. The monoisotopic (exact) mass is 279 g/mol. The fourth-order valence-electron chi connectivity index (χ4n) is 1.84. The summed E-state index contributed by atoms with van der Waals surface area (Å²) in [5.41, 5.74) is 1.55. The molecule has 1 N–H and O–H groups in total. The van der Waals surface area contributed by atoms with Gasteiger partial charge in [0.05, 0.1) is 13.7 Å². The molecule has 20 heavy (non-hydrogen) atoms. The van der Waals surface area contributed by atoms with Crippen molar-refractivity contribution in [3.63, 3.8) is 0 Å². The quantitative estimate of drug-likeness (QED) is 0.822. The van der Waals surface area contributed by atoms with Crippen LogP contribution in [0.1, 0.15) is 40.2 Å². The summed E-state index contributed by atoms with van der Waals surface area (Å²) >= 11 is 0. The number of ether oxygens (including phenoxy) is 2. The summed E-state index contributed by atoms with van der Waals surface area (Å²) in [6.07, 6.45) is 0. The molecular weight excluding hydrogens is 250 g/mol. The van der Waals surface area contributed by atoms with E-state index in [-0.39, 0.29) is 0 Å². The molecule has 0 amide bonds. The van der Waals surface area contributed by atoms with Crippen LogP contribution in [0.5, 0.6) is 11.5 Å². The van der Waals surface area contributed by atoms with E-state index in [4.69, 9.17) is 9.47 Å². The van der Waals surface area contributed by atoms with Crippen LogP contribution in [0.2, 0.25) is 0 Å². The molecule has 1 aromatic carbocycles. The second-order valence-electron chi connectivity index (χ2n) is 6.32. The molecule has 0 saturated heterocycles. The Labute approximate surface area is 123 Å². The van der Waals surface area contributed by atoms with E-state index in [0.29, 0.717) is 17.9 Å². The van der Waals surface area contributed by atoms with Crippen molar-refractivity contribution < 1.29 is 9.47 Å². The minimum atomic E-state index is 0.337. The predicted molar refractivity (Wildman–Crippen MR) is 84.5 cm³/mol. The Hall–Kier alpha value is -1.22. The van der Waals surface area contributed by atoms with Gasteiger partial charge in [-0.25, -0.2) is 0 Å². The Morgan fingerprint density at radius 3 is 2.45 bits per heavy atom. The molecule has 0 bridgehead atoms. The van der Waals surface area contributed by atoms with Gasteiger partial charge in [-0.05, 0) is 42.5 Å². The maximum atomic E-state index is 5.60. The largest absolute Gasteiger partial charge is 0.493 e. The topological polar surface area (TPSA) is 30.5 Å². The highest BCUT2D eigenvalue weighted by molar-refractivity contribution is 5.42. The van der Waals surface area contributed by atoms with E-state index in [1.165, 1.54) is 5.56 Å². The van der Waals surface area contributed by atoms with E-state index >= 15 is 0 Å². The number of hydrogen-bond donors (Lipinski definition) is 1. The van der Waals surface area contributed by atoms with Crippen molar-refractivity contribution in [2.75, 3.05) is 20.3 Å². The number of nitrogens with one attached hydrogen (secondary N) is 1. The molecule has 1 rings (SSSR count). The van der Waals surface area contributed by atoms with E-state index in [0.717, 1.165) is 24.6 Å². The number of benzene rings is 1. The third kappa shape index (κ3) is 5.04. The van der Waals surface area contributed by atoms with Crippen molar-refractivity contribution in [3.8, 4) is 11.5 Å². The van der Waals surface area contributed by atoms with Gasteiger partial charge in [0.15, 0.2) is 11.5 Å². The molecule has 0 heterocycles. The molecule has 3 nitrogen and oxygen atoms in total. The lowest BCUT2D eigenvalue weighted by atomic mass is 9.82. The molecule has 3 heteroatoms. The van der Waals surface area contributed by atoms with Crippen LogP contribution >= 0.6 is 0 Å². The van der Waals surface area contributed by atoms with Crippen molar-refractivity contribution in [2.24, 2.45) is 11.3 Å². The molecule has 1 unspecified atom stereocenters. The van der Waals surface area contributed by atoms with Gasteiger partial charge in [-0.2, -0.15) is 0 Å². The Morgan fingerprint density at radius 1 is 1.20 bits per heavy atom. The second kappa shape index (κ2) is 7.53. The Kier molecular flexibility index (Phi) is 6.34. The summed E-state index contributed by atoms with van der Waals surface area (Å²) in [4.78, 5) is 0. The van der Waals surface area contributed by atoms with E-state index in [2.05, 4.69) is 45.1 Å². The van der Waals surface area contributed by atoms with Gasteiger partial charge < -0.3 is 14.8 Å². The lowest BCUT2D eigenvalue weighted by Crippen LogP contribution is -2.29. The Morgan fingerprint density at radius 2 is 1.90 bits per heavy atom. The Bertz CT molecular complexity index is 410. The maximum Gasteiger partial charge on any atom is 0.161 e. The zero-order valence-electron chi connectivity index (χ0n) is 13.7. The first-order valence-corrected chi connectivity index (χ1v) is 7.39. The number of hydrogen-bond acceptors (Lipinski definition) is 3. The normalized spacial score (nSPS) is 13.1. The molecule has 0 saturated carbocycles. The fraction of sp³-hybridized carbons (Fsp3) is 0.647. The highest BCUT2D eigenvalue weighted by atomic mass is 16.5. The molecule has 114 valence electrons. The zero-order chi connectivity index (χ0) is 15.2. The van der Waals surface area contributed by atoms with Crippen molar-refractivity contribution in [1.29, 1.82) is 0 Å². The molecule has 0 spiro atoms. The highest BCUT2D eigenvalue weighted by Gasteiger charge is 2.19. The van der Waals surface area contributed by atoms with Gasteiger partial charge in [0.2, 0.25) is 0 Å². The zero-order valence-corrected chi connectivity index (χ0v) is 13.7. The van der Waals surface area contributed by atoms with Crippen molar-refractivity contribution in [2.45, 2.75) is 41.2 Å². The van der Waals surface area contributed by atoms with Crippen LogP contribution in [0.15, 0.2) is 18.2 Å². The van der Waals surface area contributed by atoms with E-state index < -0.39 is 0 Å². The fourth-order valence-corrected chi connectivity index (χ4v) is 1.84. The summed E-state index contributed by atoms with van der Waals surface area (Å²) in [5, 5.41) is 3.52. The maximum absolute atomic E-state index is 5.60. The highest BCUT2D eigenvalue weighted by Crippen LogP contribution is 2.28. The van der Waals surface area contributed by atoms with Gasteiger partial charge in [-0.15, -0.1) is 0 Å². The van der Waals surface area contributed by atoms with Crippen LogP contribution in [-0.2, 0) is 6.54 Å². The molecule has 0 aliphatic carbocycles. The molecule has 0 radical (unpaired) electrons. The summed E-state index contributed by atoms with van der Waals surface area (Å²) in [5.74, 6) is 2.24. The van der Waals surface area contributed by atoms with Crippen LogP contribution in [0.4, 0.5) is 0 Å². The van der Waals surface area contributed by atoms with Crippen LogP contribution in [0, 0.1) is 11.3 Å². The lowest BCUT2D eigenvalue weighted by Gasteiger charge is -2.27. The Balaban J connectivity index is 2.58. The van der Waals surface area contributed by atoms with Crippen molar-refractivity contribution in [3.05, 3.63) is 23.8 Å². The summed E-state index contributed by atoms with van der Waals surface area (Å²) in [6, 6.07) is 6.10. The minimum Gasteiger partial charge on any atom is -0.493 e. The van der Waals surface area contributed by atoms with E-state index in [9.17, 15) is 0 Å². The van der Waals surface area contributed by atoms with Gasteiger partial charge in [-0.1, -0.05) is 33.8 Å². The molecule has 0 fully saturated rings. The molecule has 1 aromatic rings. The number of methoxy groups -OCH3 is 1. The lowest BCUT2D eigenvalue weighted by molar-refractivity contribution is 0.252. The van der Waals surface area contributed by atoms with Crippen LogP contribution < -0.4 is 14.8 Å². The van der Waals surface area contributed by atoms with E-state index in [1.807, 2.05) is 13.0 Å².